The lowest BCUT2D eigenvalue weighted by molar-refractivity contribution is 0.0290. The zero-order valence-corrected chi connectivity index (χ0v) is 12.9. The van der Waals surface area contributed by atoms with E-state index in [-0.39, 0.29) is 6.04 Å². The molecule has 20 heavy (non-hydrogen) atoms. The number of nitrogens with two attached hydrogens (primary N) is 1. The lowest BCUT2D eigenvalue weighted by atomic mass is 9.99. The van der Waals surface area contributed by atoms with Crippen LogP contribution in [0.4, 0.5) is 0 Å². The Kier molecular flexibility index (Phi) is 5.66. The molecule has 0 bridgehead atoms. The average Bonchev–Trinajstić information content (AvgIpc) is 2.50. The van der Waals surface area contributed by atoms with Crippen LogP contribution in [0, 0.1) is 0 Å². The highest BCUT2D eigenvalue weighted by atomic mass is 35.5. The van der Waals surface area contributed by atoms with E-state index in [4.69, 9.17) is 26.8 Å². The number of nitrogens with zero attached hydrogens (tertiary/aromatic N) is 1. The minimum Gasteiger partial charge on any atom is -0.496 e. The summed E-state index contributed by atoms with van der Waals surface area (Å²) >= 11 is 6.38. The zero-order valence-electron chi connectivity index (χ0n) is 12.1. The number of ether oxygens (including phenoxy) is 2. The Labute approximate surface area is 125 Å². The summed E-state index contributed by atoms with van der Waals surface area (Å²) in [6.07, 6.45) is 2.06. The molecule has 1 aromatic carbocycles. The Balaban J connectivity index is 2.27. The van der Waals surface area contributed by atoms with Crippen molar-refractivity contribution in [3.63, 3.8) is 0 Å². The van der Waals surface area contributed by atoms with Gasteiger partial charge < -0.3 is 15.2 Å². The van der Waals surface area contributed by atoms with Crippen molar-refractivity contribution in [2.75, 3.05) is 33.9 Å². The van der Waals surface area contributed by atoms with Crippen LogP contribution < -0.4 is 10.5 Å². The van der Waals surface area contributed by atoms with Gasteiger partial charge in [-0.05, 0) is 32.0 Å². The SMILES string of the molecule is COc1cccc(Cl)c1C(CN)N(C)C1CCOCC1. The molecule has 2 rings (SSSR count). The first-order chi connectivity index (χ1) is 9.69. The van der Waals surface area contributed by atoms with Crippen LogP contribution >= 0.6 is 11.6 Å². The van der Waals surface area contributed by atoms with Gasteiger partial charge in [0.2, 0.25) is 0 Å². The van der Waals surface area contributed by atoms with E-state index in [1.54, 1.807) is 7.11 Å². The van der Waals surface area contributed by atoms with Crippen molar-refractivity contribution < 1.29 is 9.47 Å². The number of hydrogen-bond acceptors (Lipinski definition) is 4. The third kappa shape index (κ3) is 3.26. The molecule has 0 aliphatic carbocycles. The Hall–Kier alpha value is -0.810. The first-order valence-corrected chi connectivity index (χ1v) is 7.39. The van der Waals surface area contributed by atoms with Gasteiger partial charge in [-0.25, -0.2) is 0 Å². The molecule has 0 amide bonds. The van der Waals surface area contributed by atoms with Gasteiger partial charge >= 0.3 is 0 Å². The number of rotatable bonds is 5. The Morgan fingerprint density at radius 1 is 1.45 bits per heavy atom. The molecule has 1 aromatic rings. The number of hydrogen-bond donors (Lipinski definition) is 1. The maximum Gasteiger partial charge on any atom is 0.125 e. The van der Waals surface area contributed by atoms with Crippen molar-refractivity contribution in [2.45, 2.75) is 24.9 Å². The average molecular weight is 299 g/mol. The van der Waals surface area contributed by atoms with Gasteiger partial charge in [0.05, 0.1) is 13.2 Å². The molecule has 2 N–H and O–H groups in total. The van der Waals surface area contributed by atoms with E-state index in [0.29, 0.717) is 17.6 Å². The van der Waals surface area contributed by atoms with Crippen LogP contribution in [0.25, 0.3) is 0 Å². The highest BCUT2D eigenvalue weighted by Crippen LogP contribution is 2.36. The fourth-order valence-electron chi connectivity index (χ4n) is 2.85. The van der Waals surface area contributed by atoms with E-state index >= 15 is 0 Å². The molecule has 0 radical (unpaired) electrons. The third-order valence-electron chi connectivity index (χ3n) is 4.05. The summed E-state index contributed by atoms with van der Waals surface area (Å²) in [5.74, 6) is 0.798. The summed E-state index contributed by atoms with van der Waals surface area (Å²) in [5.41, 5.74) is 7.00. The number of benzene rings is 1. The second kappa shape index (κ2) is 7.27. The van der Waals surface area contributed by atoms with Gasteiger partial charge in [0, 0.05) is 36.4 Å². The van der Waals surface area contributed by atoms with E-state index in [9.17, 15) is 0 Å². The second-order valence-corrected chi connectivity index (χ2v) is 5.52. The molecule has 1 heterocycles. The van der Waals surface area contributed by atoms with E-state index in [1.807, 2.05) is 18.2 Å². The van der Waals surface area contributed by atoms with Crippen molar-refractivity contribution in [3.05, 3.63) is 28.8 Å². The van der Waals surface area contributed by atoms with Crippen LogP contribution in [0.15, 0.2) is 18.2 Å². The van der Waals surface area contributed by atoms with Crippen LogP contribution in [-0.4, -0.2) is 44.9 Å². The molecule has 1 saturated heterocycles. The van der Waals surface area contributed by atoms with Gasteiger partial charge in [-0.15, -0.1) is 0 Å². The van der Waals surface area contributed by atoms with Crippen molar-refractivity contribution in [1.82, 2.24) is 4.90 Å². The van der Waals surface area contributed by atoms with Crippen LogP contribution in [0.3, 0.4) is 0 Å². The molecule has 0 aromatic heterocycles. The summed E-state index contributed by atoms with van der Waals surface area (Å²) in [4.78, 5) is 2.31. The molecule has 1 aliphatic heterocycles. The molecule has 1 aliphatic rings. The van der Waals surface area contributed by atoms with Crippen molar-refractivity contribution in [2.24, 2.45) is 5.73 Å². The van der Waals surface area contributed by atoms with E-state index in [2.05, 4.69) is 11.9 Å². The highest BCUT2D eigenvalue weighted by Gasteiger charge is 2.28. The summed E-state index contributed by atoms with van der Waals surface area (Å²) in [5, 5.41) is 0.707. The summed E-state index contributed by atoms with van der Waals surface area (Å²) in [6.45, 7) is 2.13. The smallest absolute Gasteiger partial charge is 0.125 e. The van der Waals surface area contributed by atoms with E-state index in [1.165, 1.54) is 0 Å². The Morgan fingerprint density at radius 3 is 2.75 bits per heavy atom. The molecule has 0 spiro atoms. The minimum absolute atomic E-state index is 0.0572. The topological polar surface area (TPSA) is 47.7 Å². The van der Waals surface area contributed by atoms with Crippen LogP contribution in [-0.2, 0) is 4.74 Å². The van der Waals surface area contributed by atoms with Gasteiger partial charge in [-0.3, -0.25) is 4.90 Å². The minimum atomic E-state index is 0.0572. The van der Waals surface area contributed by atoms with Crippen molar-refractivity contribution in [1.29, 1.82) is 0 Å². The zero-order chi connectivity index (χ0) is 14.5. The molecule has 1 atom stereocenters. The summed E-state index contributed by atoms with van der Waals surface area (Å²) in [6, 6.07) is 6.24. The molecule has 1 fully saturated rings. The fraction of sp³-hybridized carbons (Fsp3) is 0.600. The van der Waals surface area contributed by atoms with Crippen LogP contribution in [0.5, 0.6) is 5.75 Å². The second-order valence-electron chi connectivity index (χ2n) is 5.12. The van der Waals surface area contributed by atoms with Gasteiger partial charge in [0.25, 0.3) is 0 Å². The first kappa shape index (κ1) is 15.6. The predicted octanol–water partition coefficient (Wildman–Crippen LogP) is 2.46. The quantitative estimate of drug-likeness (QED) is 0.907. The van der Waals surface area contributed by atoms with Crippen molar-refractivity contribution in [3.8, 4) is 5.75 Å². The molecule has 4 nitrogen and oxygen atoms in total. The molecular formula is C15H23ClN2O2. The van der Waals surface area contributed by atoms with E-state index < -0.39 is 0 Å². The Morgan fingerprint density at radius 2 is 2.15 bits per heavy atom. The lowest BCUT2D eigenvalue weighted by Crippen LogP contribution is -2.41. The standard InChI is InChI=1S/C15H23ClN2O2/c1-18(11-6-8-20-9-7-11)13(10-17)15-12(16)4-3-5-14(15)19-2/h3-5,11,13H,6-10,17H2,1-2H3. The Bertz CT molecular complexity index is 436. The molecule has 1 unspecified atom stereocenters. The lowest BCUT2D eigenvalue weighted by Gasteiger charge is -2.37. The number of methoxy groups -OCH3 is 1. The number of likely N-dealkylation sites (N-methyl/N-ethyl adjacent to an activating group) is 1. The van der Waals surface area contributed by atoms with Crippen molar-refractivity contribution >= 4 is 11.6 Å². The largest absolute Gasteiger partial charge is 0.496 e. The highest BCUT2D eigenvalue weighted by molar-refractivity contribution is 6.31. The molecule has 112 valence electrons. The predicted molar refractivity (Wildman–Crippen MR) is 81.4 cm³/mol. The monoisotopic (exact) mass is 298 g/mol. The maximum atomic E-state index is 6.38. The molecule has 5 heteroatoms. The van der Waals surface area contributed by atoms with Gasteiger partial charge in [-0.2, -0.15) is 0 Å². The normalized spacial score (nSPS) is 18.2. The molecular weight excluding hydrogens is 276 g/mol. The third-order valence-corrected chi connectivity index (χ3v) is 4.38. The summed E-state index contributed by atoms with van der Waals surface area (Å²) in [7, 11) is 3.77. The fourth-order valence-corrected chi connectivity index (χ4v) is 3.15. The first-order valence-electron chi connectivity index (χ1n) is 7.01. The van der Waals surface area contributed by atoms with Crippen LogP contribution in [0.2, 0.25) is 5.02 Å². The molecule has 0 saturated carbocycles. The van der Waals surface area contributed by atoms with Crippen LogP contribution in [0.1, 0.15) is 24.4 Å². The maximum absolute atomic E-state index is 6.38. The van der Waals surface area contributed by atoms with Gasteiger partial charge in [0.15, 0.2) is 0 Å². The van der Waals surface area contributed by atoms with Gasteiger partial charge in [-0.1, -0.05) is 17.7 Å². The van der Waals surface area contributed by atoms with Gasteiger partial charge in [0.1, 0.15) is 5.75 Å². The summed E-state index contributed by atoms with van der Waals surface area (Å²) < 4.78 is 10.9. The number of halogens is 1. The van der Waals surface area contributed by atoms with E-state index in [0.717, 1.165) is 37.4 Å².